The van der Waals surface area contributed by atoms with Crippen molar-refractivity contribution in [3.8, 4) is 11.5 Å². The Morgan fingerprint density at radius 3 is 2.59 bits per heavy atom. The topological polar surface area (TPSA) is 38.8 Å². The normalized spacial score (nSPS) is 16.1. The predicted octanol–water partition coefficient (Wildman–Crippen LogP) is 5.27. The van der Waals surface area contributed by atoms with E-state index in [0.717, 1.165) is 16.9 Å². The van der Waals surface area contributed by atoms with Crippen molar-refractivity contribution in [2.75, 3.05) is 20.8 Å². The van der Waals surface area contributed by atoms with Gasteiger partial charge in [0.15, 0.2) is 11.5 Å². The summed E-state index contributed by atoms with van der Waals surface area (Å²) in [7, 11) is 3.27. The number of hydrogen-bond donors (Lipinski definition) is 0. The molecule has 0 saturated carbocycles. The molecule has 0 saturated heterocycles. The van der Waals surface area contributed by atoms with Crippen molar-refractivity contribution in [2.24, 2.45) is 0 Å². The van der Waals surface area contributed by atoms with Crippen molar-refractivity contribution in [2.45, 2.75) is 12.5 Å². The van der Waals surface area contributed by atoms with E-state index in [0.29, 0.717) is 27.3 Å². The van der Waals surface area contributed by atoms with Crippen molar-refractivity contribution in [3.63, 3.8) is 0 Å². The zero-order valence-corrected chi connectivity index (χ0v) is 17.3. The Balaban J connectivity index is 1.82. The van der Waals surface area contributed by atoms with E-state index in [1.807, 2.05) is 28.5 Å². The zero-order chi connectivity index (χ0) is 19.0. The summed E-state index contributed by atoms with van der Waals surface area (Å²) in [6.45, 7) is 0.638. The summed E-state index contributed by atoms with van der Waals surface area (Å²) >= 11 is 9.02. The van der Waals surface area contributed by atoms with E-state index in [-0.39, 0.29) is 11.9 Å². The molecule has 4 nitrogen and oxygen atoms in total. The third-order valence-electron chi connectivity index (χ3n) is 4.73. The number of carbonyl (C=O) groups excluding carboxylic acids is 1. The zero-order valence-electron chi connectivity index (χ0n) is 14.9. The van der Waals surface area contributed by atoms with Gasteiger partial charge in [-0.3, -0.25) is 4.79 Å². The standard InChI is InChI=1S/C20H18ClNO3S2/c1-24-14-10-12-7-8-22(20(23)17-5-6-18(21)27-17)19(16-4-3-9-26-16)13(12)11-15(14)25-2/h3-6,9-11,19H,7-8H2,1-2H3. The van der Waals surface area contributed by atoms with Gasteiger partial charge in [-0.1, -0.05) is 17.7 Å². The lowest BCUT2D eigenvalue weighted by molar-refractivity contribution is 0.0702. The maximum absolute atomic E-state index is 13.2. The SMILES string of the molecule is COc1cc2c(cc1OC)C(c1cccs1)N(C(=O)c1ccc(Cl)s1)CC2. The van der Waals surface area contributed by atoms with Crippen LogP contribution < -0.4 is 9.47 Å². The lowest BCUT2D eigenvalue weighted by Crippen LogP contribution is -2.40. The van der Waals surface area contributed by atoms with Crippen molar-refractivity contribution in [1.29, 1.82) is 0 Å². The van der Waals surface area contributed by atoms with Gasteiger partial charge in [0.25, 0.3) is 5.91 Å². The third kappa shape index (κ3) is 3.33. The number of benzene rings is 1. The number of thiophene rings is 2. The van der Waals surface area contributed by atoms with Crippen molar-refractivity contribution < 1.29 is 14.3 Å². The first-order chi connectivity index (χ1) is 13.1. The van der Waals surface area contributed by atoms with Gasteiger partial charge in [-0.15, -0.1) is 22.7 Å². The number of methoxy groups -OCH3 is 2. The van der Waals surface area contributed by atoms with Crippen LogP contribution in [0.4, 0.5) is 0 Å². The minimum Gasteiger partial charge on any atom is -0.493 e. The van der Waals surface area contributed by atoms with Gasteiger partial charge < -0.3 is 14.4 Å². The summed E-state index contributed by atoms with van der Waals surface area (Å²) in [6.07, 6.45) is 0.766. The van der Waals surface area contributed by atoms with Gasteiger partial charge in [0.1, 0.15) is 0 Å². The predicted molar refractivity (Wildman–Crippen MR) is 110 cm³/mol. The molecule has 0 fully saturated rings. The molecule has 0 N–H and O–H groups in total. The van der Waals surface area contributed by atoms with E-state index < -0.39 is 0 Å². The number of amides is 1. The molecule has 1 atom stereocenters. The van der Waals surface area contributed by atoms with Gasteiger partial charge in [0, 0.05) is 11.4 Å². The second kappa shape index (κ2) is 7.54. The molecule has 3 aromatic rings. The van der Waals surface area contributed by atoms with E-state index in [9.17, 15) is 4.79 Å². The van der Waals surface area contributed by atoms with Crippen LogP contribution in [0.5, 0.6) is 11.5 Å². The second-order valence-corrected chi connectivity index (χ2v) is 8.87. The van der Waals surface area contributed by atoms with E-state index >= 15 is 0 Å². The maximum atomic E-state index is 13.2. The summed E-state index contributed by atoms with van der Waals surface area (Å²) in [4.78, 5) is 16.9. The Morgan fingerprint density at radius 2 is 1.96 bits per heavy atom. The van der Waals surface area contributed by atoms with E-state index in [2.05, 4.69) is 6.07 Å². The molecule has 7 heteroatoms. The van der Waals surface area contributed by atoms with Gasteiger partial charge in [0.2, 0.25) is 0 Å². The van der Waals surface area contributed by atoms with E-state index in [4.69, 9.17) is 21.1 Å². The van der Waals surface area contributed by atoms with Crippen molar-refractivity contribution >= 4 is 40.2 Å². The Labute approximate surface area is 170 Å². The first-order valence-electron chi connectivity index (χ1n) is 8.47. The number of rotatable bonds is 4. The summed E-state index contributed by atoms with van der Waals surface area (Å²) in [5, 5.41) is 2.04. The fraction of sp³-hybridized carbons (Fsp3) is 0.250. The first kappa shape index (κ1) is 18.3. The minimum absolute atomic E-state index is 0.00531. The van der Waals surface area contributed by atoms with Gasteiger partial charge in [-0.25, -0.2) is 0 Å². The van der Waals surface area contributed by atoms with Crippen LogP contribution in [0.2, 0.25) is 4.34 Å². The molecule has 140 valence electrons. The fourth-order valence-electron chi connectivity index (χ4n) is 3.49. The van der Waals surface area contributed by atoms with Crippen molar-refractivity contribution in [1.82, 2.24) is 4.90 Å². The molecule has 0 aliphatic carbocycles. The van der Waals surface area contributed by atoms with Crippen LogP contribution in [0.25, 0.3) is 0 Å². The summed E-state index contributed by atoms with van der Waals surface area (Å²) in [5.74, 6) is 1.39. The molecular weight excluding hydrogens is 402 g/mol. The largest absolute Gasteiger partial charge is 0.493 e. The van der Waals surface area contributed by atoms with Gasteiger partial charge >= 0.3 is 0 Å². The molecule has 4 rings (SSSR count). The Morgan fingerprint density at radius 1 is 1.19 bits per heavy atom. The van der Waals surface area contributed by atoms with Crippen LogP contribution in [-0.2, 0) is 6.42 Å². The first-order valence-corrected chi connectivity index (χ1v) is 10.5. The number of carbonyl (C=O) groups is 1. The summed E-state index contributed by atoms with van der Waals surface area (Å²) in [5.41, 5.74) is 2.26. The molecule has 0 radical (unpaired) electrons. The van der Waals surface area contributed by atoms with Crippen LogP contribution in [-0.4, -0.2) is 31.6 Å². The third-order valence-corrected chi connectivity index (χ3v) is 6.88. The molecule has 2 aromatic heterocycles. The average Bonchev–Trinajstić information content (AvgIpc) is 3.37. The maximum Gasteiger partial charge on any atom is 0.264 e. The number of fused-ring (bicyclic) bond motifs is 1. The Hall–Kier alpha value is -2.02. The highest BCUT2D eigenvalue weighted by molar-refractivity contribution is 7.18. The smallest absolute Gasteiger partial charge is 0.264 e. The molecule has 3 heterocycles. The van der Waals surface area contributed by atoms with E-state index in [1.165, 1.54) is 16.9 Å². The second-order valence-electron chi connectivity index (χ2n) is 6.18. The number of hydrogen-bond acceptors (Lipinski definition) is 5. The average molecular weight is 420 g/mol. The van der Waals surface area contributed by atoms with E-state index in [1.54, 1.807) is 37.7 Å². The molecule has 1 aromatic carbocycles. The van der Waals surface area contributed by atoms with Crippen LogP contribution in [0.1, 0.15) is 31.7 Å². The highest BCUT2D eigenvalue weighted by atomic mass is 35.5. The summed E-state index contributed by atoms with van der Waals surface area (Å²) < 4.78 is 11.6. The molecule has 0 bridgehead atoms. The van der Waals surface area contributed by atoms with Crippen molar-refractivity contribution in [3.05, 3.63) is 67.0 Å². The molecule has 0 spiro atoms. The minimum atomic E-state index is -0.151. The quantitative estimate of drug-likeness (QED) is 0.578. The van der Waals surface area contributed by atoms with Crippen LogP contribution in [0.15, 0.2) is 41.8 Å². The highest BCUT2D eigenvalue weighted by Crippen LogP contribution is 2.43. The lowest BCUT2D eigenvalue weighted by atomic mass is 9.90. The number of halogens is 1. The molecule has 1 amide bonds. The van der Waals surface area contributed by atoms with Gasteiger partial charge in [-0.05, 0) is 53.3 Å². The molecular formula is C20H18ClNO3S2. The van der Waals surface area contributed by atoms with Crippen LogP contribution in [0, 0.1) is 0 Å². The van der Waals surface area contributed by atoms with Gasteiger partial charge in [0.05, 0.1) is 29.5 Å². The lowest BCUT2D eigenvalue weighted by Gasteiger charge is -2.37. The Bertz CT molecular complexity index is 968. The molecule has 1 aliphatic heterocycles. The number of nitrogens with zero attached hydrogens (tertiary/aromatic N) is 1. The molecule has 27 heavy (non-hydrogen) atoms. The van der Waals surface area contributed by atoms with Crippen LogP contribution >= 0.6 is 34.3 Å². The summed E-state index contributed by atoms with van der Waals surface area (Å²) in [6, 6.07) is 11.5. The Kier molecular flexibility index (Phi) is 5.12. The fourth-order valence-corrected chi connectivity index (χ4v) is 5.34. The number of ether oxygens (including phenoxy) is 2. The highest BCUT2D eigenvalue weighted by Gasteiger charge is 2.34. The van der Waals surface area contributed by atoms with Gasteiger partial charge in [-0.2, -0.15) is 0 Å². The molecule has 1 aliphatic rings. The molecule has 1 unspecified atom stereocenters. The monoisotopic (exact) mass is 419 g/mol. The van der Waals surface area contributed by atoms with Crippen LogP contribution in [0.3, 0.4) is 0 Å².